The van der Waals surface area contributed by atoms with E-state index >= 15 is 0 Å². The average Bonchev–Trinajstić information content (AvgIpc) is 3.02. The summed E-state index contributed by atoms with van der Waals surface area (Å²) >= 11 is 3.46. The van der Waals surface area contributed by atoms with E-state index in [4.69, 9.17) is 15.0 Å². The zero-order valence-electron chi connectivity index (χ0n) is 10.5. The van der Waals surface area contributed by atoms with Gasteiger partial charge in [-0.25, -0.2) is 0 Å². The molecule has 1 aliphatic heterocycles. The highest BCUT2D eigenvalue weighted by atomic mass is 79.9. The van der Waals surface area contributed by atoms with E-state index in [0.29, 0.717) is 17.4 Å². The van der Waals surface area contributed by atoms with Gasteiger partial charge in [-0.2, -0.15) is 4.98 Å². The van der Waals surface area contributed by atoms with E-state index in [1.807, 2.05) is 19.1 Å². The molecule has 0 saturated carbocycles. The molecule has 1 atom stereocenters. The van der Waals surface area contributed by atoms with Crippen molar-refractivity contribution < 1.29 is 9.26 Å². The van der Waals surface area contributed by atoms with Crippen LogP contribution in [0.5, 0.6) is 0 Å². The Bertz CT molecular complexity index is 606. The Balaban J connectivity index is 1.99. The van der Waals surface area contributed by atoms with Crippen LogP contribution in [0.3, 0.4) is 0 Å². The standard InChI is InChI=1S/C13H14BrN3O2/c1-13(5-2-6-18-13)12-16-11(19-17-12)9-7-8(15)3-4-10(9)14/h3-4,7H,2,5-6,15H2,1H3. The molecular formula is C13H14BrN3O2. The molecule has 6 heteroatoms. The maximum absolute atomic E-state index is 5.78. The van der Waals surface area contributed by atoms with Gasteiger partial charge in [-0.1, -0.05) is 5.16 Å². The van der Waals surface area contributed by atoms with Crippen LogP contribution in [-0.4, -0.2) is 16.7 Å². The van der Waals surface area contributed by atoms with Gasteiger partial charge in [0.25, 0.3) is 5.89 Å². The smallest absolute Gasteiger partial charge is 0.259 e. The minimum Gasteiger partial charge on any atom is -0.399 e. The maximum Gasteiger partial charge on any atom is 0.259 e. The average molecular weight is 324 g/mol. The van der Waals surface area contributed by atoms with Gasteiger partial charge < -0.3 is 15.0 Å². The first kappa shape index (κ1) is 12.6. The molecule has 0 spiro atoms. The van der Waals surface area contributed by atoms with Crippen molar-refractivity contribution in [1.29, 1.82) is 0 Å². The van der Waals surface area contributed by atoms with Crippen LogP contribution < -0.4 is 5.73 Å². The lowest BCUT2D eigenvalue weighted by atomic mass is 10.0. The molecule has 1 aliphatic rings. The number of nitrogen functional groups attached to an aromatic ring is 1. The van der Waals surface area contributed by atoms with Crippen LogP contribution in [0.4, 0.5) is 5.69 Å². The van der Waals surface area contributed by atoms with Gasteiger partial charge >= 0.3 is 0 Å². The molecule has 1 fully saturated rings. The molecule has 2 aromatic rings. The number of hydrogen-bond acceptors (Lipinski definition) is 5. The van der Waals surface area contributed by atoms with Crippen molar-refractivity contribution in [1.82, 2.24) is 10.1 Å². The van der Waals surface area contributed by atoms with E-state index in [1.165, 1.54) is 0 Å². The molecule has 0 amide bonds. The summed E-state index contributed by atoms with van der Waals surface area (Å²) in [6.07, 6.45) is 1.92. The summed E-state index contributed by atoms with van der Waals surface area (Å²) < 4.78 is 11.9. The quantitative estimate of drug-likeness (QED) is 0.859. The minimum atomic E-state index is -0.436. The predicted molar refractivity (Wildman–Crippen MR) is 74.4 cm³/mol. The topological polar surface area (TPSA) is 74.2 Å². The van der Waals surface area contributed by atoms with Crippen molar-refractivity contribution >= 4 is 21.6 Å². The lowest BCUT2D eigenvalue weighted by Gasteiger charge is -2.17. The minimum absolute atomic E-state index is 0.436. The summed E-state index contributed by atoms with van der Waals surface area (Å²) in [6, 6.07) is 5.48. The van der Waals surface area contributed by atoms with Gasteiger partial charge in [0.15, 0.2) is 0 Å². The predicted octanol–water partition coefficient (Wildman–Crippen LogP) is 3.11. The Morgan fingerprint density at radius 3 is 3.00 bits per heavy atom. The SMILES string of the molecule is CC1(c2noc(-c3cc(N)ccc3Br)n2)CCCO1. The van der Waals surface area contributed by atoms with Crippen LogP contribution in [0.1, 0.15) is 25.6 Å². The van der Waals surface area contributed by atoms with Crippen molar-refractivity contribution in [2.75, 3.05) is 12.3 Å². The number of nitrogens with two attached hydrogens (primary N) is 1. The first-order valence-electron chi connectivity index (χ1n) is 6.12. The highest BCUT2D eigenvalue weighted by molar-refractivity contribution is 9.10. The number of ether oxygens (including phenoxy) is 1. The second-order valence-corrected chi connectivity index (χ2v) is 5.70. The lowest BCUT2D eigenvalue weighted by Crippen LogP contribution is -2.21. The fourth-order valence-electron chi connectivity index (χ4n) is 2.21. The van der Waals surface area contributed by atoms with Crippen molar-refractivity contribution in [3.05, 3.63) is 28.5 Å². The molecule has 1 saturated heterocycles. The van der Waals surface area contributed by atoms with Gasteiger partial charge in [-0.15, -0.1) is 0 Å². The second kappa shape index (κ2) is 4.61. The number of nitrogens with zero attached hydrogens (tertiary/aromatic N) is 2. The number of benzene rings is 1. The zero-order valence-corrected chi connectivity index (χ0v) is 12.1. The third-order valence-electron chi connectivity index (χ3n) is 3.34. The molecule has 5 nitrogen and oxygen atoms in total. The van der Waals surface area contributed by atoms with Gasteiger partial charge in [0.2, 0.25) is 5.82 Å². The Labute approximate surface area is 119 Å². The van der Waals surface area contributed by atoms with Crippen molar-refractivity contribution in [2.45, 2.75) is 25.4 Å². The van der Waals surface area contributed by atoms with E-state index in [0.717, 1.165) is 29.5 Å². The van der Waals surface area contributed by atoms with Gasteiger partial charge in [-0.3, -0.25) is 0 Å². The fourth-order valence-corrected chi connectivity index (χ4v) is 2.63. The molecule has 100 valence electrons. The van der Waals surface area contributed by atoms with E-state index in [-0.39, 0.29) is 0 Å². The molecule has 1 aromatic carbocycles. The van der Waals surface area contributed by atoms with E-state index in [9.17, 15) is 0 Å². The normalized spacial score (nSPS) is 22.8. The van der Waals surface area contributed by atoms with Gasteiger partial charge in [0, 0.05) is 16.8 Å². The van der Waals surface area contributed by atoms with Crippen molar-refractivity contribution in [3.8, 4) is 11.5 Å². The molecule has 1 aromatic heterocycles. The molecule has 1 unspecified atom stereocenters. The number of hydrogen-bond donors (Lipinski definition) is 1. The molecule has 0 radical (unpaired) electrons. The fraction of sp³-hybridized carbons (Fsp3) is 0.385. The number of halogens is 1. The summed E-state index contributed by atoms with van der Waals surface area (Å²) in [4.78, 5) is 4.45. The molecule has 2 heterocycles. The van der Waals surface area contributed by atoms with Gasteiger partial charge in [-0.05, 0) is 53.9 Å². The molecule has 19 heavy (non-hydrogen) atoms. The molecule has 0 aliphatic carbocycles. The third-order valence-corrected chi connectivity index (χ3v) is 4.03. The molecule has 2 N–H and O–H groups in total. The first-order chi connectivity index (χ1) is 9.08. The number of anilines is 1. The van der Waals surface area contributed by atoms with Crippen LogP contribution in [-0.2, 0) is 10.3 Å². The largest absolute Gasteiger partial charge is 0.399 e. The van der Waals surface area contributed by atoms with Crippen LogP contribution in [0.25, 0.3) is 11.5 Å². The molecule has 3 rings (SSSR count). The highest BCUT2D eigenvalue weighted by Crippen LogP contribution is 2.36. The highest BCUT2D eigenvalue weighted by Gasteiger charge is 2.36. The lowest BCUT2D eigenvalue weighted by molar-refractivity contribution is 0.00768. The Hall–Kier alpha value is -1.40. The Morgan fingerprint density at radius 2 is 2.26 bits per heavy atom. The number of aromatic nitrogens is 2. The summed E-state index contributed by atoms with van der Waals surface area (Å²) in [5, 5.41) is 4.04. The summed E-state index contributed by atoms with van der Waals surface area (Å²) in [5.41, 5.74) is 6.79. The Morgan fingerprint density at radius 1 is 1.42 bits per heavy atom. The Kier molecular flexibility index (Phi) is 3.06. The third kappa shape index (κ3) is 2.26. The monoisotopic (exact) mass is 323 g/mol. The first-order valence-corrected chi connectivity index (χ1v) is 6.91. The molecule has 0 bridgehead atoms. The van der Waals surface area contributed by atoms with Crippen LogP contribution >= 0.6 is 15.9 Å². The summed E-state index contributed by atoms with van der Waals surface area (Å²) in [5.74, 6) is 1.04. The summed E-state index contributed by atoms with van der Waals surface area (Å²) in [6.45, 7) is 2.73. The van der Waals surface area contributed by atoms with Crippen LogP contribution in [0.15, 0.2) is 27.2 Å². The second-order valence-electron chi connectivity index (χ2n) is 4.85. The van der Waals surface area contributed by atoms with Crippen molar-refractivity contribution in [3.63, 3.8) is 0 Å². The zero-order chi connectivity index (χ0) is 13.5. The maximum atomic E-state index is 5.78. The summed E-state index contributed by atoms with van der Waals surface area (Å²) in [7, 11) is 0. The molecular weight excluding hydrogens is 310 g/mol. The van der Waals surface area contributed by atoms with Crippen molar-refractivity contribution in [2.24, 2.45) is 0 Å². The van der Waals surface area contributed by atoms with Gasteiger partial charge in [0.1, 0.15) is 5.60 Å². The van der Waals surface area contributed by atoms with E-state index < -0.39 is 5.60 Å². The van der Waals surface area contributed by atoms with Crippen LogP contribution in [0.2, 0.25) is 0 Å². The van der Waals surface area contributed by atoms with Crippen LogP contribution in [0, 0.1) is 0 Å². The van der Waals surface area contributed by atoms with E-state index in [1.54, 1.807) is 6.07 Å². The van der Waals surface area contributed by atoms with E-state index in [2.05, 4.69) is 26.1 Å². The van der Waals surface area contributed by atoms with Gasteiger partial charge in [0.05, 0.1) is 5.56 Å². The number of rotatable bonds is 2.